The summed E-state index contributed by atoms with van der Waals surface area (Å²) in [4.78, 5) is 17.0. The first-order valence-electron chi connectivity index (χ1n) is 8.76. The number of hydrogen-bond donors (Lipinski definition) is 2. The molecule has 1 unspecified atom stereocenters. The van der Waals surface area contributed by atoms with Crippen LogP contribution in [0.4, 0.5) is 4.79 Å². The van der Waals surface area contributed by atoms with Crippen LogP contribution in [0.3, 0.4) is 0 Å². The van der Waals surface area contributed by atoms with E-state index in [4.69, 9.17) is 9.84 Å². The lowest BCUT2D eigenvalue weighted by molar-refractivity contribution is 0.0523. The van der Waals surface area contributed by atoms with Crippen LogP contribution in [-0.2, 0) is 16.0 Å². The Balaban J connectivity index is 0.000000527. The molecule has 1 amide bonds. The van der Waals surface area contributed by atoms with E-state index in [-0.39, 0.29) is 12.7 Å². The van der Waals surface area contributed by atoms with Crippen LogP contribution in [0.15, 0.2) is 29.8 Å². The van der Waals surface area contributed by atoms with Crippen LogP contribution in [0.5, 0.6) is 0 Å². The SMILES string of the molecule is COC(C)CO.Cc1ncsc1-c1ccc(CNC(=O)OC(C)(C)C)cc1. The third-order valence-electron chi connectivity index (χ3n) is 3.46. The second kappa shape index (κ2) is 11.0. The molecule has 0 saturated carbocycles. The van der Waals surface area contributed by atoms with E-state index in [9.17, 15) is 4.79 Å². The number of aliphatic hydroxyl groups is 1. The Kier molecular flexibility index (Phi) is 9.41. The highest BCUT2D eigenvalue weighted by Gasteiger charge is 2.15. The molecule has 2 N–H and O–H groups in total. The first-order chi connectivity index (χ1) is 12.7. The smallest absolute Gasteiger partial charge is 0.407 e. The van der Waals surface area contributed by atoms with Gasteiger partial charge in [-0.25, -0.2) is 9.78 Å². The van der Waals surface area contributed by atoms with Crippen molar-refractivity contribution in [3.8, 4) is 10.4 Å². The topological polar surface area (TPSA) is 80.7 Å². The van der Waals surface area contributed by atoms with E-state index in [1.165, 1.54) is 4.88 Å². The molecule has 1 aromatic carbocycles. The van der Waals surface area contributed by atoms with E-state index in [0.29, 0.717) is 6.54 Å². The average Bonchev–Trinajstić information content (AvgIpc) is 3.05. The number of thiazole rings is 1. The van der Waals surface area contributed by atoms with E-state index in [1.807, 2.05) is 57.5 Å². The van der Waals surface area contributed by atoms with Gasteiger partial charge < -0.3 is 19.9 Å². The number of carbonyl (C=O) groups is 1. The lowest BCUT2D eigenvalue weighted by Crippen LogP contribution is -2.32. The van der Waals surface area contributed by atoms with E-state index in [1.54, 1.807) is 25.4 Å². The van der Waals surface area contributed by atoms with Crippen LogP contribution in [0.1, 0.15) is 39.0 Å². The highest BCUT2D eigenvalue weighted by atomic mass is 32.1. The molecule has 0 bridgehead atoms. The van der Waals surface area contributed by atoms with Crippen molar-refractivity contribution < 1.29 is 19.4 Å². The summed E-state index contributed by atoms with van der Waals surface area (Å²) < 4.78 is 9.85. The molecule has 27 heavy (non-hydrogen) atoms. The first kappa shape index (κ1) is 23.1. The van der Waals surface area contributed by atoms with Crippen LogP contribution < -0.4 is 5.32 Å². The second-order valence-corrected chi connectivity index (χ2v) is 7.90. The maximum Gasteiger partial charge on any atom is 0.407 e. The predicted octanol–water partition coefficient (Wildman–Crippen LogP) is 4.16. The standard InChI is InChI=1S/C16H20N2O2S.C4H10O2/c1-11-14(21-10-18-11)13-7-5-12(6-8-13)9-17-15(19)20-16(2,3)4;1-4(3-5)6-2/h5-8,10H,9H2,1-4H3,(H,17,19);4-5H,3H2,1-2H3. The molecule has 0 saturated heterocycles. The zero-order chi connectivity index (χ0) is 20.4. The molecule has 2 rings (SSSR count). The average molecular weight is 395 g/mol. The molecule has 6 nitrogen and oxygen atoms in total. The molecule has 1 heterocycles. The maximum absolute atomic E-state index is 11.6. The quantitative estimate of drug-likeness (QED) is 0.796. The third-order valence-corrected chi connectivity index (χ3v) is 4.43. The van der Waals surface area contributed by atoms with Gasteiger partial charge in [0.25, 0.3) is 0 Å². The Morgan fingerprint density at radius 3 is 2.33 bits per heavy atom. The summed E-state index contributed by atoms with van der Waals surface area (Å²) in [5.74, 6) is 0. The Labute approximate surface area is 165 Å². The summed E-state index contributed by atoms with van der Waals surface area (Å²) in [5, 5.41) is 11.0. The number of carbonyl (C=O) groups excluding carboxylic acids is 1. The minimum Gasteiger partial charge on any atom is -0.444 e. The highest BCUT2D eigenvalue weighted by Crippen LogP contribution is 2.27. The van der Waals surface area contributed by atoms with Gasteiger partial charge in [0.2, 0.25) is 0 Å². The second-order valence-electron chi connectivity index (χ2n) is 7.05. The van der Waals surface area contributed by atoms with Crippen molar-refractivity contribution in [3.63, 3.8) is 0 Å². The number of rotatable bonds is 5. The Morgan fingerprint density at radius 2 is 1.93 bits per heavy atom. The number of ether oxygens (including phenoxy) is 2. The molecular weight excluding hydrogens is 364 g/mol. The Bertz CT molecular complexity index is 689. The molecule has 0 aliphatic carbocycles. The molecule has 0 fully saturated rings. The summed E-state index contributed by atoms with van der Waals surface area (Å²) in [5.41, 5.74) is 4.60. The molecule has 0 spiro atoms. The molecule has 150 valence electrons. The molecule has 0 radical (unpaired) electrons. The van der Waals surface area contributed by atoms with Gasteiger partial charge in [-0.2, -0.15) is 0 Å². The summed E-state index contributed by atoms with van der Waals surface area (Å²) in [6, 6.07) is 8.11. The van der Waals surface area contributed by atoms with Crippen LogP contribution in [0, 0.1) is 6.92 Å². The number of benzene rings is 1. The number of alkyl carbamates (subject to hydrolysis) is 1. The number of aliphatic hydroxyl groups excluding tert-OH is 1. The van der Waals surface area contributed by atoms with E-state index < -0.39 is 11.7 Å². The number of hydrogen-bond acceptors (Lipinski definition) is 6. The van der Waals surface area contributed by atoms with Gasteiger partial charge in [0.05, 0.1) is 28.8 Å². The normalized spacial score (nSPS) is 12.0. The van der Waals surface area contributed by atoms with Gasteiger partial charge in [-0.15, -0.1) is 11.3 Å². The van der Waals surface area contributed by atoms with Crippen LogP contribution in [0.2, 0.25) is 0 Å². The monoisotopic (exact) mass is 394 g/mol. The summed E-state index contributed by atoms with van der Waals surface area (Å²) in [6.45, 7) is 9.91. The number of nitrogens with one attached hydrogen (secondary N) is 1. The number of nitrogens with zero attached hydrogens (tertiary/aromatic N) is 1. The molecule has 7 heteroatoms. The zero-order valence-electron chi connectivity index (χ0n) is 16.9. The van der Waals surface area contributed by atoms with Crippen molar-refractivity contribution >= 4 is 17.4 Å². The number of aromatic nitrogens is 1. The van der Waals surface area contributed by atoms with E-state index in [0.717, 1.165) is 16.8 Å². The van der Waals surface area contributed by atoms with E-state index >= 15 is 0 Å². The lowest BCUT2D eigenvalue weighted by Gasteiger charge is -2.19. The van der Waals surface area contributed by atoms with Crippen LogP contribution in [-0.4, -0.2) is 41.6 Å². The predicted molar refractivity (Wildman–Crippen MR) is 109 cm³/mol. The first-order valence-corrected chi connectivity index (χ1v) is 9.64. The summed E-state index contributed by atoms with van der Waals surface area (Å²) in [6.07, 6.45) is -0.408. The largest absolute Gasteiger partial charge is 0.444 e. The van der Waals surface area contributed by atoms with Crippen LogP contribution in [0.25, 0.3) is 10.4 Å². The highest BCUT2D eigenvalue weighted by molar-refractivity contribution is 7.13. The van der Waals surface area contributed by atoms with Crippen molar-refractivity contribution in [1.29, 1.82) is 0 Å². The summed E-state index contributed by atoms with van der Waals surface area (Å²) >= 11 is 1.63. The molecule has 2 aromatic rings. The number of aryl methyl sites for hydroxylation is 1. The maximum atomic E-state index is 11.6. The van der Waals surface area contributed by atoms with Gasteiger partial charge >= 0.3 is 6.09 Å². The molecule has 0 aliphatic rings. The zero-order valence-corrected chi connectivity index (χ0v) is 17.7. The van der Waals surface area contributed by atoms with Crippen molar-refractivity contribution in [2.45, 2.75) is 52.9 Å². The van der Waals surface area contributed by atoms with Gasteiger partial charge in [0.15, 0.2) is 0 Å². The lowest BCUT2D eigenvalue weighted by atomic mass is 10.1. The molecular formula is C20H30N2O4S. The Morgan fingerprint density at radius 1 is 1.30 bits per heavy atom. The van der Waals surface area contributed by atoms with E-state index in [2.05, 4.69) is 15.0 Å². The van der Waals surface area contributed by atoms with Gasteiger partial charge in [0, 0.05) is 13.7 Å². The fourth-order valence-corrected chi connectivity index (χ4v) is 2.73. The summed E-state index contributed by atoms with van der Waals surface area (Å²) in [7, 11) is 1.57. The minimum absolute atomic E-state index is 0.00926. The molecule has 1 atom stereocenters. The molecule has 0 aliphatic heterocycles. The van der Waals surface area contributed by atoms with Gasteiger partial charge in [-0.1, -0.05) is 24.3 Å². The minimum atomic E-state index is -0.475. The number of amides is 1. The van der Waals surface area contributed by atoms with Crippen molar-refractivity contribution in [2.24, 2.45) is 0 Å². The van der Waals surface area contributed by atoms with Crippen molar-refractivity contribution in [3.05, 3.63) is 41.0 Å². The number of methoxy groups -OCH3 is 1. The van der Waals surface area contributed by atoms with Crippen LogP contribution >= 0.6 is 11.3 Å². The Hall–Kier alpha value is -1.96. The fourth-order valence-electron chi connectivity index (χ4n) is 1.92. The van der Waals surface area contributed by atoms with Gasteiger partial charge in [-0.3, -0.25) is 0 Å². The van der Waals surface area contributed by atoms with Crippen molar-refractivity contribution in [1.82, 2.24) is 10.3 Å². The third kappa shape index (κ3) is 8.99. The molecule has 1 aromatic heterocycles. The fraction of sp³-hybridized carbons (Fsp3) is 0.500. The van der Waals surface area contributed by atoms with Crippen molar-refractivity contribution in [2.75, 3.05) is 13.7 Å². The van der Waals surface area contributed by atoms with Gasteiger partial charge in [-0.05, 0) is 45.7 Å². The van der Waals surface area contributed by atoms with Gasteiger partial charge in [0.1, 0.15) is 5.60 Å².